The molecule has 3 N–H and O–H groups in total. The molecular weight excluding hydrogens is 190 g/mol. The van der Waals surface area contributed by atoms with Crippen molar-refractivity contribution in [1.29, 1.82) is 0 Å². The van der Waals surface area contributed by atoms with Crippen molar-refractivity contribution in [2.75, 3.05) is 13.2 Å². The first-order chi connectivity index (χ1) is 7.11. The predicted molar refractivity (Wildman–Crippen MR) is 61.1 cm³/mol. The van der Waals surface area contributed by atoms with Crippen molar-refractivity contribution in [2.45, 2.75) is 26.3 Å². The lowest BCUT2D eigenvalue weighted by Gasteiger charge is -2.10. The van der Waals surface area contributed by atoms with Gasteiger partial charge in [0.1, 0.15) is 5.75 Å². The Morgan fingerprint density at radius 3 is 2.40 bits per heavy atom. The van der Waals surface area contributed by atoms with Crippen LogP contribution in [0.15, 0.2) is 18.2 Å². The summed E-state index contributed by atoms with van der Waals surface area (Å²) in [6.45, 7) is 4.64. The second kappa shape index (κ2) is 5.73. The van der Waals surface area contributed by atoms with Crippen LogP contribution in [0, 0.1) is 13.8 Å². The second-order valence-corrected chi connectivity index (χ2v) is 3.90. The number of ether oxygens (including phenoxy) is 1. The number of aliphatic hydroxyl groups excluding tert-OH is 1. The van der Waals surface area contributed by atoms with Crippen molar-refractivity contribution in [3.8, 4) is 5.75 Å². The summed E-state index contributed by atoms with van der Waals surface area (Å²) < 4.78 is 5.55. The highest BCUT2D eigenvalue weighted by atomic mass is 16.5. The molecule has 0 saturated carbocycles. The summed E-state index contributed by atoms with van der Waals surface area (Å²) in [6, 6.07) is 5.91. The van der Waals surface area contributed by atoms with E-state index in [1.165, 1.54) is 11.1 Å². The molecule has 0 amide bonds. The Kier molecular flexibility index (Phi) is 4.59. The summed E-state index contributed by atoms with van der Waals surface area (Å²) in [5, 5.41) is 8.74. The minimum absolute atomic E-state index is 0.0101. The van der Waals surface area contributed by atoms with Crippen LogP contribution in [0.25, 0.3) is 0 Å². The molecule has 0 fully saturated rings. The minimum atomic E-state index is -0.184. The van der Waals surface area contributed by atoms with Gasteiger partial charge in [-0.05, 0) is 43.5 Å². The normalized spacial score (nSPS) is 12.5. The maximum atomic E-state index is 8.74. The molecule has 0 aromatic heterocycles. The molecule has 0 heterocycles. The Labute approximate surface area is 90.9 Å². The summed E-state index contributed by atoms with van der Waals surface area (Å²) in [5.41, 5.74) is 7.95. The molecule has 1 rings (SSSR count). The molecule has 0 bridgehead atoms. The van der Waals surface area contributed by atoms with Crippen LogP contribution in [0.2, 0.25) is 0 Å². The number of benzene rings is 1. The van der Waals surface area contributed by atoms with Crippen LogP contribution in [0.4, 0.5) is 0 Å². The summed E-state index contributed by atoms with van der Waals surface area (Å²) in [4.78, 5) is 0. The molecule has 1 unspecified atom stereocenters. The molecule has 84 valence electrons. The molecule has 0 aliphatic rings. The lowest BCUT2D eigenvalue weighted by atomic mass is 10.1. The highest BCUT2D eigenvalue weighted by molar-refractivity contribution is 5.32. The number of aryl methyl sites for hydroxylation is 2. The predicted octanol–water partition coefficient (Wildman–Crippen LogP) is 1.39. The van der Waals surface area contributed by atoms with Gasteiger partial charge in [0.05, 0.1) is 13.2 Å². The van der Waals surface area contributed by atoms with Gasteiger partial charge in [0.25, 0.3) is 0 Å². The van der Waals surface area contributed by atoms with Gasteiger partial charge >= 0.3 is 0 Å². The second-order valence-electron chi connectivity index (χ2n) is 3.90. The van der Waals surface area contributed by atoms with Gasteiger partial charge in [-0.25, -0.2) is 0 Å². The summed E-state index contributed by atoms with van der Waals surface area (Å²) in [5.74, 6) is 0.873. The molecule has 0 saturated heterocycles. The third-order valence-electron chi connectivity index (χ3n) is 2.19. The molecule has 0 aliphatic heterocycles. The van der Waals surface area contributed by atoms with Crippen molar-refractivity contribution < 1.29 is 9.84 Å². The Hall–Kier alpha value is -1.06. The fraction of sp³-hybridized carbons (Fsp3) is 0.500. The Morgan fingerprint density at radius 2 is 1.87 bits per heavy atom. The van der Waals surface area contributed by atoms with E-state index in [4.69, 9.17) is 15.6 Å². The van der Waals surface area contributed by atoms with Crippen LogP contribution in [0.5, 0.6) is 5.75 Å². The highest BCUT2D eigenvalue weighted by Crippen LogP contribution is 2.16. The zero-order valence-electron chi connectivity index (χ0n) is 9.36. The van der Waals surface area contributed by atoms with E-state index in [2.05, 4.69) is 6.07 Å². The van der Waals surface area contributed by atoms with Gasteiger partial charge in [0.2, 0.25) is 0 Å². The molecule has 1 atom stereocenters. The average molecular weight is 209 g/mol. The van der Waals surface area contributed by atoms with Crippen LogP contribution >= 0.6 is 0 Å². The van der Waals surface area contributed by atoms with E-state index in [-0.39, 0.29) is 12.6 Å². The van der Waals surface area contributed by atoms with E-state index in [1.54, 1.807) is 0 Å². The van der Waals surface area contributed by atoms with Gasteiger partial charge in [-0.3, -0.25) is 0 Å². The number of aliphatic hydroxyl groups is 1. The molecule has 3 heteroatoms. The van der Waals surface area contributed by atoms with E-state index < -0.39 is 0 Å². The minimum Gasteiger partial charge on any atom is -0.494 e. The third-order valence-corrected chi connectivity index (χ3v) is 2.19. The SMILES string of the molecule is Cc1cc(C)cc(OCCC(N)CO)c1. The van der Waals surface area contributed by atoms with Gasteiger partial charge in [-0.2, -0.15) is 0 Å². The smallest absolute Gasteiger partial charge is 0.119 e. The molecule has 3 nitrogen and oxygen atoms in total. The molecule has 0 radical (unpaired) electrons. The van der Waals surface area contributed by atoms with Gasteiger partial charge in [0.15, 0.2) is 0 Å². The molecule has 1 aromatic carbocycles. The van der Waals surface area contributed by atoms with Crippen LogP contribution in [-0.2, 0) is 0 Å². The largest absolute Gasteiger partial charge is 0.494 e. The van der Waals surface area contributed by atoms with E-state index in [1.807, 2.05) is 26.0 Å². The summed E-state index contributed by atoms with van der Waals surface area (Å²) in [7, 11) is 0. The molecule has 1 aromatic rings. The van der Waals surface area contributed by atoms with E-state index in [0.29, 0.717) is 13.0 Å². The van der Waals surface area contributed by atoms with Crippen molar-refractivity contribution >= 4 is 0 Å². The van der Waals surface area contributed by atoms with Crippen molar-refractivity contribution in [1.82, 2.24) is 0 Å². The standard InChI is InChI=1S/C12H19NO2/c1-9-5-10(2)7-12(6-9)15-4-3-11(13)8-14/h5-7,11,14H,3-4,8,13H2,1-2H3. The van der Waals surface area contributed by atoms with Crippen LogP contribution in [0.3, 0.4) is 0 Å². The lowest BCUT2D eigenvalue weighted by Crippen LogP contribution is -2.26. The van der Waals surface area contributed by atoms with Crippen LogP contribution in [0.1, 0.15) is 17.5 Å². The molecular formula is C12H19NO2. The maximum Gasteiger partial charge on any atom is 0.119 e. The van der Waals surface area contributed by atoms with E-state index in [0.717, 1.165) is 5.75 Å². The van der Waals surface area contributed by atoms with Crippen LogP contribution in [-0.4, -0.2) is 24.4 Å². The summed E-state index contributed by atoms with van der Waals surface area (Å²) in [6.07, 6.45) is 0.670. The van der Waals surface area contributed by atoms with E-state index >= 15 is 0 Å². The topological polar surface area (TPSA) is 55.5 Å². The van der Waals surface area contributed by atoms with Gasteiger partial charge < -0.3 is 15.6 Å². The average Bonchev–Trinajstić information content (AvgIpc) is 2.16. The first-order valence-electron chi connectivity index (χ1n) is 5.19. The van der Waals surface area contributed by atoms with Gasteiger partial charge in [0, 0.05) is 6.04 Å². The number of nitrogens with two attached hydrogens (primary N) is 1. The lowest BCUT2D eigenvalue weighted by molar-refractivity contribution is 0.230. The van der Waals surface area contributed by atoms with Crippen molar-refractivity contribution in [2.24, 2.45) is 5.73 Å². The van der Waals surface area contributed by atoms with Gasteiger partial charge in [-0.1, -0.05) is 6.07 Å². The first-order valence-corrected chi connectivity index (χ1v) is 5.19. The molecule has 15 heavy (non-hydrogen) atoms. The molecule has 0 aliphatic carbocycles. The third kappa shape index (κ3) is 4.32. The maximum absolute atomic E-state index is 8.74. The fourth-order valence-corrected chi connectivity index (χ4v) is 1.44. The quantitative estimate of drug-likeness (QED) is 0.770. The first kappa shape index (κ1) is 12.0. The highest BCUT2D eigenvalue weighted by Gasteiger charge is 2.01. The van der Waals surface area contributed by atoms with Crippen molar-refractivity contribution in [3.05, 3.63) is 29.3 Å². The Balaban J connectivity index is 2.43. The monoisotopic (exact) mass is 209 g/mol. The zero-order chi connectivity index (χ0) is 11.3. The number of hydrogen-bond donors (Lipinski definition) is 2. The fourth-order valence-electron chi connectivity index (χ4n) is 1.44. The molecule has 0 spiro atoms. The zero-order valence-corrected chi connectivity index (χ0v) is 9.36. The van der Waals surface area contributed by atoms with Gasteiger partial charge in [-0.15, -0.1) is 0 Å². The Morgan fingerprint density at radius 1 is 1.27 bits per heavy atom. The van der Waals surface area contributed by atoms with E-state index in [9.17, 15) is 0 Å². The van der Waals surface area contributed by atoms with Crippen molar-refractivity contribution in [3.63, 3.8) is 0 Å². The number of rotatable bonds is 5. The van der Waals surface area contributed by atoms with Crippen LogP contribution < -0.4 is 10.5 Å². The Bertz CT molecular complexity index is 292. The summed E-state index contributed by atoms with van der Waals surface area (Å²) >= 11 is 0. The number of hydrogen-bond acceptors (Lipinski definition) is 3.